The molecule has 1 amide bonds. The predicted molar refractivity (Wildman–Crippen MR) is 75.9 cm³/mol. The molecule has 1 fully saturated rings. The second kappa shape index (κ2) is 6.71. The highest BCUT2D eigenvalue weighted by atomic mass is 16.5. The summed E-state index contributed by atoms with van der Waals surface area (Å²) in [5.41, 5.74) is 2.46. The van der Waals surface area contributed by atoms with E-state index in [4.69, 9.17) is 4.74 Å². The van der Waals surface area contributed by atoms with Gasteiger partial charge in [-0.2, -0.15) is 0 Å². The van der Waals surface area contributed by atoms with Crippen molar-refractivity contribution < 1.29 is 9.53 Å². The zero-order valence-electron chi connectivity index (χ0n) is 11.9. The lowest BCUT2D eigenvalue weighted by atomic mass is 10.1. The van der Waals surface area contributed by atoms with E-state index in [1.165, 1.54) is 11.1 Å². The standard InChI is InChI=1S/C16H23NO2/c1-3-16(18)17-10-4-5-15(11-17)19-12-14-8-6-13(2)7-9-14/h6-9,15H,3-5,10-12H2,1-2H3. The van der Waals surface area contributed by atoms with Crippen LogP contribution in [-0.2, 0) is 16.1 Å². The number of aryl methyl sites for hydroxylation is 1. The molecule has 19 heavy (non-hydrogen) atoms. The van der Waals surface area contributed by atoms with E-state index in [1.54, 1.807) is 0 Å². The topological polar surface area (TPSA) is 29.5 Å². The lowest BCUT2D eigenvalue weighted by Crippen LogP contribution is -2.42. The Bertz CT molecular complexity index is 413. The SMILES string of the molecule is CCC(=O)N1CCCC(OCc2ccc(C)cc2)C1. The van der Waals surface area contributed by atoms with E-state index in [0.717, 1.165) is 25.9 Å². The van der Waals surface area contributed by atoms with Gasteiger partial charge in [-0.15, -0.1) is 0 Å². The van der Waals surface area contributed by atoms with Crippen LogP contribution >= 0.6 is 0 Å². The van der Waals surface area contributed by atoms with E-state index >= 15 is 0 Å². The van der Waals surface area contributed by atoms with Gasteiger partial charge in [-0.05, 0) is 25.3 Å². The van der Waals surface area contributed by atoms with E-state index in [-0.39, 0.29) is 12.0 Å². The second-order valence-electron chi connectivity index (χ2n) is 5.25. The average Bonchev–Trinajstić information content (AvgIpc) is 2.46. The van der Waals surface area contributed by atoms with Crippen LogP contribution in [0.15, 0.2) is 24.3 Å². The van der Waals surface area contributed by atoms with E-state index in [1.807, 2.05) is 11.8 Å². The number of carbonyl (C=O) groups is 1. The number of rotatable bonds is 4. The molecule has 0 radical (unpaired) electrons. The van der Waals surface area contributed by atoms with Crippen LogP contribution < -0.4 is 0 Å². The van der Waals surface area contributed by atoms with Crippen molar-refractivity contribution in [2.45, 2.75) is 45.8 Å². The smallest absolute Gasteiger partial charge is 0.222 e. The molecule has 0 saturated carbocycles. The Morgan fingerprint density at radius 1 is 1.37 bits per heavy atom. The van der Waals surface area contributed by atoms with Crippen molar-refractivity contribution in [2.75, 3.05) is 13.1 Å². The summed E-state index contributed by atoms with van der Waals surface area (Å²) in [7, 11) is 0. The van der Waals surface area contributed by atoms with E-state index < -0.39 is 0 Å². The average molecular weight is 261 g/mol. The van der Waals surface area contributed by atoms with Gasteiger partial charge in [0, 0.05) is 19.5 Å². The summed E-state index contributed by atoms with van der Waals surface area (Å²) in [6, 6.07) is 8.42. The fraction of sp³-hybridized carbons (Fsp3) is 0.562. The number of amides is 1. The first kappa shape index (κ1) is 14.1. The first-order chi connectivity index (χ1) is 9.19. The van der Waals surface area contributed by atoms with Crippen LogP contribution in [0.1, 0.15) is 37.3 Å². The highest BCUT2D eigenvalue weighted by Crippen LogP contribution is 2.16. The maximum Gasteiger partial charge on any atom is 0.222 e. The first-order valence-electron chi connectivity index (χ1n) is 7.14. The van der Waals surface area contributed by atoms with Crippen LogP contribution in [0.3, 0.4) is 0 Å². The van der Waals surface area contributed by atoms with Gasteiger partial charge < -0.3 is 9.64 Å². The molecule has 3 heteroatoms. The third kappa shape index (κ3) is 4.06. The zero-order chi connectivity index (χ0) is 13.7. The lowest BCUT2D eigenvalue weighted by Gasteiger charge is -2.32. The summed E-state index contributed by atoms with van der Waals surface area (Å²) in [4.78, 5) is 13.6. The van der Waals surface area contributed by atoms with Crippen molar-refractivity contribution in [3.8, 4) is 0 Å². The molecule has 1 unspecified atom stereocenters. The number of hydrogen-bond acceptors (Lipinski definition) is 2. The molecule has 2 rings (SSSR count). The van der Waals surface area contributed by atoms with Crippen LogP contribution in [-0.4, -0.2) is 30.0 Å². The molecule has 1 heterocycles. The van der Waals surface area contributed by atoms with Crippen LogP contribution in [0.25, 0.3) is 0 Å². The van der Waals surface area contributed by atoms with Crippen molar-refractivity contribution in [3.63, 3.8) is 0 Å². The highest BCUT2D eigenvalue weighted by molar-refractivity contribution is 5.75. The van der Waals surface area contributed by atoms with Crippen LogP contribution in [0.5, 0.6) is 0 Å². The quantitative estimate of drug-likeness (QED) is 0.834. The van der Waals surface area contributed by atoms with Crippen molar-refractivity contribution in [1.29, 1.82) is 0 Å². The molecule has 104 valence electrons. The summed E-state index contributed by atoms with van der Waals surface area (Å²) >= 11 is 0. The number of ether oxygens (including phenoxy) is 1. The number of likely N-dealkylation sites (tertiary alicyclic amines) is 1. The summed E-state index contributed by atoms with van der Waals surface area (Å²) in [6.45, 7) is 6.27. The van der Waals surface area contributed by atoms with Gasteiger partial charge in [0.1, 0.15) is 0 Å². The number of piperidine rings is 1. The molecule has 1 aromatic carbocycles. The normalized spacial score (nSPS) is 19.5. The summed E-state index contributed by atoms with van der Waals surface area (Å²) in [5.74, 6) is 0.239. The largest absolute Gasteiger partial charge is 0.372 e. The Balaban J connectivity index is 1.82. The molecule has 1 saturated heterocycles. The van der Waals surface area contributed by atoms with E-state index in [0.29, 0.717) is 13.0 Å². The van der Waals surface area contributed by atoms with Crippen molar-refractivity contribution in [2.24, 2.45) is 0 Å². The Morgan fingerprint density at radius 2 is 2.11 bits per heavy atom. The second-order valence-corrected chi connectivity index (χ2v) is 5.25. The Morgan fingerprint density at radius 3 is 2.79 bits per heavy atom. The number of benzene rings is 1. The van der Waals surface area contributed by atoms with Gasteiger partial charge in [-0.25, -0.2) is 0 Å². The maximum atomic E-state index is 11.7. The van der Waals surface area contributed by atoms with Crippen LogP contribution in [0.4, 0.5) is 0 Å². The molecule has 1 aliphatic rings. The summed E-state index contributed by atoms with van der Waals surface area (Å²) in [6.07, 6.45) is 2.87. The molecule has 0 bridgehead atoms. The van der Waals surface area contributed by atoms with Crippen molar-refractivity contribution >= 4 is 5.91 Å². The first-order valence-corrected chi connectivity index (χ1v) is 7.14. The molecule has 1 atom stereocenters. The van der Waals surface area contributed by atoms with Gasteiger partial charge in [0.25, 0.3) is 0 Å². The minimum atomic E-state index is 0.186. The molecule has 0 aliphatic carbocycles. The summed E-state index contributed by atoms with van der Waals surface area (Å²) in [5, 5.41) is 0. The highest BCUT2D eigenvalue weighted by Gasteiger charge is 2.22. The Labute approximate surface area is 115 Å². The van der Waals surface area contributed by atoms with Gasteiger partial charge in [-0.1, -0.05) is 36.8 Å². The number of carbonyl (C=O) groups excluding carboxylic acids is 1. The number of hydrogen-bond donors (Lipinski definition) is 0. The third-order valence-electron chi connectivity index (χ3n) is 3.64. The molecule has 0 spiro atoms. The molecule has 1 aliphatic heterocycles. The van der Waals surface area contributed by atoms with E-state index in [2.05, 4.69) is 31.2 Å². The third-order valence-corrected chi connectivity index (χ3v) is 3.64. The minimum absolute atomic E-state index is 0.186. The number of nitrogens with zero attached hydrogens (tertiary/aromatic N) is 1. The lowest BCUT2D eigenvalue weighted by molar-refractivity contribution is -0.135. The van der Waals surface area contributed by atoms with Crippen molar-refractivity contribution in [3.05, 3.63) is 35.4 Å². The Hall–Kier alpha value is -1.35. The fourth-order valence-electron chi connectivity index (χ4n) is 2.42. The molecule has 0 N–H and O–H groups in total. The van der Waals surface area contributed by atoms with Gasteiger partial charge in [0.2, 0.25) is 5.91 Å². The predicted octanol–water partition coefficient (Wildman–Crippen LogP) is 2.91. The fourth-order valence-corrected chi connectivity index (χ4v) is 2.42. The van der Waals surface area contributed by atoms with Crippen LogP contribution in [0, 0.1) is 6.92 Å². The van der Waals surface area contributed by atoms with Gasteiger partial charge >= 0.3 is 0 Å². The minimum Gasteiger partial charge on any atom is -0.372 e. The molecule has 3 nitrogen and oxygen atoms in total. The Kier molecular flexibility index (Phi) is 4.97. The molecular weight excluding hydrogens is 238 g/mol. The molecule has 1 aromatic rings. The van der Waals surface area contributed by atoms with Crippen molar-refractivity contribution in [1.82, 2.24) is 4.90 Å². The van der Waals surface area contributed by atoms with Gasteiger partial charge in [0.05, 0.1) is 12.7 Å². The maximum absolute atomic E-state index is 11.7. The van der Waals surface area contributed by atoms with Gasteiger partial charge in [0.15, 0.2) is 0 Å². The van der Waals surface area contributed by atoms with Gasteiger partial charge in [-0.3, -0.25) is 4.79 Å². The zero-order valence-corrected chi connectivity index (χ0v) is 11.9. The molecule has 0 aromatic heterocycles. The molecular formula is C16H23NO2. The summed E-state index contributed by atoms with van der Waals surface area (Å²) < 4.78 is 5.94. The van der Waals surface area contributed by atoms with E-state index in [9.17, 15) is 4.79 Å². The monoisotopic (exact) mass is 261 g/mol. The van der Waals surface area contributed by atoms with Crippen LogP contribution in [0.2, 0.25) is 0 Å².